The quantitative estimate of drug-likeness (QED) is 0.225. The molecular weight excluding hydrogens is 496 g/mol. The summed E-state index contributed by atoms with van der Waals surface area (Å²) in [5.74, 6) is 0.234. The minimum atomic E-state index is -3.59. The zero-order chi connectivity index (χ0) is 19.9. The lowest BCUT2D eigenvalue weighted by Gasteiger charge is -2.19. The molecule has 0 radical (unpaired) electrons. The van der Waals surface area contributed by atoms with Crippen LogP contribution in [0.15, 0.2) is 52.6 Å². The SMILES string of the molecule is CN=C(NCCNS(=O)(=O)c1cccnc1)NC(C)c1ccc(C)c(F)c1.I. The third kappa shape index (κ3) is 6.99. The Labute approximate surface area is 182 Å². The van der Waals surface area contributed by atoms with Gasteiger partial charge < -0.3 is 10.6 Å². The summed E-state index contributed by atoms with van der Waals surface area (Å²) in [7, 11) is -1.99. The average Bonchev–Trinajstić information content (AvgIpc) is 2.66. The molecule has 10 heteroatoms. The first-order valence-electron chi connectivity index (χ1n) is 8.46. The number of guanidine groups is 1. The fourth-order valence-electron chi connectivity index (χ4n) is 2.32. The van der Waals surface area contributed by atoms with Crippen LogP contribution in [0.3, 0.4) is 0 Å². The molecule has 0 bridgehead atoms. The Morgan fingerprint density at radius 2 is 2.04 bits per heavy atom. The van der Waals surface area contributed by atoms with Gasteiger partial charge in [-0.3, -0.25) is 9.98 Å². The molecule has 0 aliphatic rings. The van der Waals surface area contributed by atoms with Crippen molar-refractivity contribution in [3.8, 4) is 0 Å². The van der Waals surface area contributed by atoms with Gasteiger partial charge in [-0.1, -0.05) is 12.1 Å². The van der Waals surface area contributed by atoms with Crippen molar-refractivity contribution in [1.29, 1.82) is 0 Å². The Morgan fingerprint density at radius 3 is 2.64 bits per heavy atom. The molecule has 2 aromatic rings. The zero-order valence-electron chi connectivity index (χ0n) is 15.9. The fourth-order valence-corrected chi connectivity index (χ4v) is 3.31. The number of pyridine rings is 1. The minimum absolute atomic E-state index is 0. The van der Waals surface area contributed by atoms with Crippen molar-refractivity contribution in [2.75, 3.05) is 20.1 Å². The second-order valence-corrected chi connectivity index (χ2v) is 7.73. The van der Waals surface area contributed by atoms with Crippen molar-refractivity contribution in [2.45, 2.75) is 24.8 Å². The van der Waals surface area contributed by atoms with Crippen molar-refractivity contribution in [3.63, 3.8) is 0 Å². The second-order valence-electron chi connectivity index (χ2n) is 5.96. The number of benzene rings is 1. The maximum atomic E-state index is 13.7. The summed E-state index contributed by atoms with van der Waals surface area (Å²) in [6.07, 6.45) is 2.80. The fraction of sp³-hybridized carbons (Fsp3) is 0.333. The van der Waals surface area contributed by atoms with Crippen molar-refractivity contribution in [3.05, 3.63) is 59.7 Å². The van der Waals surface area contributed by atoms with E-state index < -0.39 is 10.0 Å². The monoisotopic (exact) mass is 521 g/mol. The molecule has 1 heterocycles. The molecule has 0 aliphatic heterocycles. The Hall–Kier alpha value is -1.79. The van der Waals surface area contributed by atoms with Gasteiger partial charge in [0.05, 0.1) is 6.04 Å². The molecule has 7 nitrogen and oxygen atoms in total. The van der Waals surface area contributed by atoms with Crippen LogP contribution in [-0.4, -0.2) is 39.5 Å². The third-order valence-electron chi connectivity index (χ3n) is 3.93. The Balaban J connectivity index is 0.00000392. The molecule has 0 saturated heterocycles. The van der Waals surface area contributed by atoms with Gasteiger partial charge in [-0.05, 0) is 43.2 Å². The number of nitrogens with one attached hydrogen (secondary N) is 3. The van der Waals surface area contributed by atoms with Crippen molar-refractivity contribution < 1.29 is 12.8 Å². The van der Waals surface area contributed by atoms with Crippen molar-refractivity contribution >= 4 is 40.0 Å². The lowest BCUT2D eigenvalue weighted by Crippen LogP contribution is -2.42. The van der Waals surface area contributed by atoms with Gasteiger partial charge in [-0.25, -0.2) is 17.5 Å². The first-order valence-corrected chi connectivity index (χ1v) is 9.94. The van der Waals surface area contributed by atoms with Crippen LogP contribution in [0.1, 0.15) is 24.1 Å². The van der Waals surface area contributed by atoms with E-state index in [0.29, 0.717) is 18.1 Å². The molecule has 1 aromatic heterocycles. The van der Waals surface area contributed by atoms with E-state index in [1.165, 1.54) is 24.5 Å². The van der Waals surface area contributed by atoms with E-state index in [1.807, 2.05) is 13.0 Å². The van der Waals surface area contributed by atoms with Crippen LogP contribution in [0.5, 0.6) is 0 Å². The molecule has 1 unspecified atom stereocenters. The highest BCUT2D eigenvalue weighted by Crippen LogP contribution is 2.16. The summed E-state index contributed by atoms with van der Waals surface area (Å²) in [5, 5.41) is 6.17. The number of nitrogens with zero attached hydrogens (tertiary/aromatic N) is 2. The highest BCUT2D eigenvalue weighted by molar-refractivity contribution is 14.0. The molecule has 3 N–H and O–H groups in total. The standard InChI is InChI=1S/C18H24FN5O2S.HI/c1-13-6-7-15(11-17(13)19)14(2)24-18(20-3)22-9-10-23-27(25,26)16-5-4-8-21-12-16;/h4-8,11-12,14,23H,9-10H2,1-3H3,(H2,20,22,24);1H. The number of aromatic nitrogens is 1. The number of aryl methyl sites for hydroxylation is 1. The van der Waals surface area contributed by atoms with Gasteiger partial charge in [0.2, 0.25) is 10.0 Å². The maximum Gasteiger partial charge on any atom is 0.242 e. The molecule has 2 rings (SSSR count). The van der Waals surface area contributed by atoms with Crippen LogP contribution in [0.4, 0.5) is 4.39 Å². The van der Waals surface area contributed by atoms with E-state index in [9.17, 15) is 12.8 Å². The number of hydrogen-bond acceptors (Lipinski definition) is 4. The van der Waals surface area contributed by atoms with Crippen LogP contribution >= 0.6 is 24.0 Å². The van der Waals surface area contributed by atoms with Crippen LogP contribution in [0.2, 0.25) is 0 Å². The summed E-state index contributed by atoms with van der Waals surface area (Å²) in [5.41, 5.74) is 1.38. The highest BCUT2D eigenvalue weighted by Gasteiger charge is 2.13. The number of hydrogen-bond donors (Lipinski definition) is 3. The lowest BCUT2D eigenvalue weighted by atomic mass is 10.1. The second kappa shape index (κ2) is 11.3. The van der Waals surface area contributed by atoms with Crippen molar-refractivity contribution in [2.24, 2.45) is 4.99 Å². The van der Waals surface area contributed by atoms with Crippen molar-refractivity contribution in [1.82, 2.24) is 20.3 Å². The topological polar surface area (TPSA) is 95.5 Å². The van der Waals surface area contributed by atoms with Crippen LogP contribution in [-0.2, 0) is 10.0 Å². The van der Waals surface area contributed by atoms with Gasteiger partial charge in [-0.15, -0.1) is 24.0 Å². The van der Waals surface area contributed by atoms with Crippen LogP contribution < -0.4 is 15.4 Å². The summed E-state index contributed by atoms with van der Waals surface area (Å²) in [6.45, 7) is 4.10. The maximum absolute atomic E-state index is 13.7. The Kier molecular flexibility index (Phi) is 9.76. The van der Waals surface area contributed by atoms with Gasteiger partial charge in [0.15, 0.2) is 5.96 Å². The molecule has 1 atom stereocenters. The number of rotatable bonds is 7. The first-order chi connectivity index (χ1) is 12.8. The molecular formula is C18H25FIN5O2S. The van der Waals surface area contributed by atoms with E-state index in [4.69, 9.17) is 0 Å². The minimum Gasteiger partial charge on any atom is -0.355 e. The molecule has 0 saturated carbocycles. The van der Waals surface area contributed by atoms with Crippen LogP contribution in [0, 0.1) is 12.7 Å². The molecule has 0 fully saturated rings. The van der Waals surface area contributed by atoms with Gasteiger partial charge in [0.25, 0.3) is 0 Å². The van der Waals surface area contributed by atoms with E-state index in [1.54, 1.807) is 26.1 Å². The molecule has 0 aliphatic carbocycles. The number of halogens is 2. The van der Waals surface area contributed by atoms with Gasteiger partial charge in [0, 0.05) is 32.5 Å². The number of aliphatic imine (C=N–C) groups is 1. The Bertz CT molecular complexity index is 894. The predicted octanol–water partition coefficient (Wildman–Crippen LogP) is 2.35. The highest BCUT2D eigenvalue weighted by atomic mass is 127. The molecule has 28 heavy (non-hydrogen) atoms. The molecule has 0 spiro atoms. The largest absolute Gasteiger partial charge is 0.355 e. The zero-order valence-corrected chi connectivity index (χ0v) is 19.1. The average molecular weight is 521 g/mol. The van der Waals surface area contributed by atoms with E-state index in [0.717, 1.165) is 5.56 Å². The summed E-state index contributed by atoms with van der Waals surface area (Å²) < 4.78 is 40.4. The van der Waals surface area contributed by atoms with Gasteiger partial charge in [-0.2, -0.15) is 0 Å². The van der Waals surface area contributed by atoms with Crippen LogP contribution in [0.25, 0.3) is 0 Å². The van der Waals surface area contributed by atoms with Gasteiger partial charge in [0.1, 0.15) is 10.7 Å². The molecule has 1 aromatic carbocycles. The molecule has 154 valence electrons. The third-order valence-corrected chi connectivity index (χ3v) is 5.37. The smallest absolute Gasteiger partial charge is 0.242 e. The summed E-state index contributed by atoms with van der Waals surface area (Å²) in [4.78, 5) is 8.02. The lowest BCUT2D eigenvalue weighted by molar-refractivity contribution is 0.579. The Morgan fingerprint density at radius 1 is 1.29 bits per heavy atom. The summed E-state index contributed by atoms with van der Waals surface area (Å²) >= 11 is 0. The summed E-state index contributed by atoms with van der Waals surface area (Å²) in [6, 6.07) is 7.94. The number of sulfonamides is 1. The van der Waals surface area contributed by atoms with E-state index in [2.05, 4.69) is 25.3 Å². The first kappa shape index (κ1) is 24.2. The van der Waals surface area contributed by atoms with Gasteiger partial charge >= 0.3 is 0 Å². The molecule has 0 amide bonds. The predicted molar refractivity (Wildman–Crippen MR) is 119 cm³/mol. The van der Waals surface area contributed by atoms with E-state index >= 15 is 0 Å². The van der Waals surface area contributed by atoms with E-state index in [-0.39, 0.29) is 47.3 Å². The normalized spacial score (nSPS) is 12.8.